The molecule has 1 amide bonds. The number of ketones is 1. The van der Waals surface area contributed by atoms with Crippen LogP contribution in [0.2, 0.25) is 0 Å². The molecule has 0 radical (unpaired) electrons. The highest BCUT2D eigenvalue weighted by atomic mass is 16.4. The Hall–Kier alpha value is -3.73. The molecule has 1 aromatic heterocycles. The van der Waals surface area contributed by atoms with E-state index < -0.39 is 23.7 Å². The van der Waals surface area contributed by atoms with Crippen molar-refractivity contribution in [3.63, 3.8) is 0 Å². The van der Waals surface area contributed by atoms with E-state index in [1.54, 1.807) is 6.07 Å². The standard InChI is InChI=1S/C22H22N4O4/c23-11-19-17(10-14(24)12-25-19)21(29)18(8-9-20(27)28)26-22(30)16-7-3-5-13-4-1-2-6-15(13)16/h3,5,7,10,12,18H,1-2,4,6,8-9,24H2,(H,26,30)(H,27,28)/t18-/m0/s1. The van der Waals surface area contributed by atoms with Gasteiger partial charge in [0, 0.05) is 12.0 Å². The summed E-state index contributed by atoms with van der Waals surface area (Å²) in [7, 11) is 0. The Morgan fingerprint density at radius 1 is 1.23 bits per heavy atom. The molecule has 1 aromatic carbocycles. The smallest absolute Gasteiger partial charge is 0.303 e. The van der Waals surface area contributed by atoms with E-state index in [4.69, 9.17) is 10.8 Å². The van der Waals surface area contributed by atoms with Gasteiger partial charge in [-0.05, 0) is 55.4 Å². The molecule has 154 valence electrons. The number of nitrogens with two attached hydrogens (primary N) is 1. The third-order valence-electron chi connectivity index (χ3n) is 5.19. The number of carboxylic acids is 1. The van der Waals surface area contributed by atoms with Crippen LogP contribution in [0.4, 0.5) is 5.69 Å². The molecular weight excluding hydrogens is 384 g/mol. The summed E-state index contributed by atoms with van der Waals surface area (Å²) in [5.41, 5.74) is 8.31. The van der Waals surface area contributed by atoms with Gasteiger partial charge < -0.3 is 16.2 Å². The van der Waals surface area contributed by atoms with E-state index in [0.717, 1.165) is 36.8 Å². The molecule has 30 heavy (non-hydrogen) atoms. The van der Waals surface area contributed by atoms with Crippen molar-refractivity contribution in [3.8, 4) is 6.07 Å². The molecule has 2 aromatic rings. The Bertz CT molecular complexity index is 1040. The van der Waals surface area contributed by atoms with Gasteiger partial charge in [-0.15, -0.1) is 0 Å². The number of carbonyl (C=O) groups excluding carboxylic acids is 2. The number of benzene rings is 1. The van der Waals surface area contributed by atoms with Crippen molar-refractivity contribution >= 4 is 23.3 Å². The Morgan fingerprint density at radius 2 is 2.00 bits per heavy atom. The quantitative estimate of drug-likeness (QED) is 0.598. The van der Waals surface area contributed by atoms with Crippen molar-refractivity contribution in [1.82, 2.24) is 10.3 Å². The lowest BCUT2D eigenvalue weighted by atomic mass is 9.88. The number of fused-ring (bicyclic) bond motifs is 1. The van der Waals surface area contributed by atoms with E-state index in [9.17, 15) is 19.6 Å². The monoisotopic (exact) mass is 406 g/mol. The van der Waals surface area contributed by atoms with Gasteiger partial charge in [0.05, 0.1) is 23.5 Å². The first-order valence-corrected chi connectivity index (χ1v) is 9.74. The van der Waals surface area contributed by atoms with Crippen LogP contribution in [0.15, 0.2) is 30.5 Å². The maximum atomic E-state index is 13.1. The molecule has 0 saturated heterocycles. The first-order valence-electron chi connectivity index (χ1n) is 9.74. The number of aryl methyl sites for hydroxylation is 1. The van der Waals surface area contributed by atoms with Gasteiger partial charge in [0.25, 0.3) is 5.91 Å². The molecule has 8 nitrogen and oxygen atoms in total. The molecule has 3 rings (SSSR count). The molecule has 0 saturated carbocycles. The van der Waals surface area contributed by atoms with Crippen LogP contribution in [0, 0.1) is 11.3 Å². The lowest BCUT2D eigenvalue weighted by Gasteiger charge is -2.22. The number of nitrogen functional groups attached to an aromatic ring is 1. The summed E-state index contributed by atoms with van der Waals surface area (Å²) in [5, 5.41) is 21.0. The number of aliphatic carboxylic acids is 1. The van der Waals surface area contributed by atoms with E-state index in [0.29, 0.717) is 5.56 Å². The van der Waals surface area contributed by atoms with Crippen LogP contribution in [0.1, 0.15) is 63.2 Å². The predicted molar refractivity (Wildman–Crippen MR) is 109 cm³/mol. The number of rotatable bonds is 7. The summed E-state index contributed by atoms with van der Waals surface area (Å²) >= 11 is 0. The van der Waals surface area contributed by atoms with Crippen molar-refractivity contribution in [1.29, 1.82) is 5.26 Å². The van der Waals surface area contributed by atoms with Crippen LogP contribution < -0.4 is 11.1 Å². The zero-order chi connectivity index (χ0) is 21.7. The van der Waals surface area contributed by atoms with Gasteiger partial charge in [-0.3, -0.25) is 14.4 Å². The summed E-state index contributed by atoms with van der Waals surface area (Å²) < 4.78 is 0. The van der Waals surface area contributed by atoms with Gasteiger partial charge in [-0.1, -0.05) is 12.1 Å². The molecule has 1 aliphatic rings. The summed E-state index contributed by atoms with van der Waals surface area (Å²) in [6, 6.07) is 7.54. The maximum absolute atomic E-state index is 13.1. The number of nitrogens with zero attached hydrogens (tertiary/aromatic N) is 2. The van der Waals surface area contributed by atoms with Crippen molar-refractivity contribution < 1.29 is 19.5 Å². The second-order valence-electron chi connectivity index (χ2n) is 7.25. The number of hydrogen-bond donors (Lipinski definition) is 3. The lowest BCUT2D eigenvalue weighted by molar-refractivity contribution is -0.137. The average Bonchev–Trinajstić information content (AvgIpc) is 2.75. The van der Waals surface area contributed by atoms with Gasteiger partial charge in [0.1, 0.15) is 6.07 Å². The van der Waals surface area contributed by atoms with E-state index in [-0.39, 0.29) is 29.8 Å². The number of carbonyl (C=O) groups is 3. The van der Waals surface area contributed by atoms with Crippen molar-refractivity contribution in [2.24, 2.45) is 0 Å². The Balaban J connectivity index is 1.91. The molecule has 0 unspecified atom stereocenters. The molecule has 8 heteroatoms. The number of Topliss-reactive ketones (excluding diaryl/α,β-unsaturated/α-hetero) is 1. The number of aromatic nitrogens is 1. The number of anilines is 1. The molecule has 0 fully saturated rings. The van der Waals surface area contributed by atoms with Crippen molar-refractivity contribution in [3.05, 3.63) is 58.4 Å². The predicted octanol–water partition coefficient (Wildman–Crippen LogP) is 2.26. The molecular formula is C22H22N4O4. The highest BCUT2D eigenvalue weighted by Gasteiger charge is 2.27. The fraction of sp³-hybridized carbons (Fsp3) is 0.318. The number of pyridine rings is 1. The van der Waals surface area contributed by atoms with Gasteiger partial charge in [0.15, 0.2) is 11.5 Å². The number of amides is 1. The first kappa shape index (κ1) is 21.0. The normalized spacial score (nSPS) is 13.6. The molecule has 1 atom stereocenters. The maximum Gasteiger partial charge on any atom is 0.303 e. The molecule has 0 aliphatic heterocycles. The highest BCUT2D eigenvalue weighted by Crippen LogP contribution is 2.25. The Labute approximate surface area is 173 Å². The fourth-order valence-electron chi connectivity index (χ4n) is 3.71. The Morgan fingerprint density at radius 3 is 2.73 bits per heavy atom. The van der Waals surface area contributed by atoms with Crippen molar-refractivity contribution in [2.75, 3.05) is 5.73 Å². The Kier molecular flexibility index (Phi) is 6.42. The summed E-state index contributed by atoms with van der Waals surface area (Å²) in [6.07, 6.45) is 4.56. The van der Waals surface area contributed by atoms with Gasteiger partial charge in [-0.25, -0.2) is 4.98 Å². The van der Waals surface area contributed by atoms with Crippen LogP contribution in [0.25, 0.3) is 0 Å². The summed E-state index contributed by atoms with van der Waals surface area (Å²) in [5.74, 6) is -2.12. The number of nitrogens with one attached hydrogen (secondary N) is 1. The summed E-state index contributed by atoms with van der Waals surface area (Å²) in [4.78, 5) is 41.0. The second kappa shape index (κ2) is 9.18. The van der Waals surface area contributed by atoms with Crippen LogP contribution in [-0.2, 0) is 17.6 Å². The fourth-order valence-corrected chi connectivity index (χ4v) is 3.71. The third-order valence-corrected chi connectivity index (χ3v) is 5.19. The van der Waals surface area contributed by atoms with Gasteiger partial charge in [0.2, 0.25) is 0 Å². The summed E-state index contributed by atoms with van der Waals surface area (Å²) in [6.45, 7) is 0. The van der Waals surface area contributed by atoms with Gasteiger partial charge >= 0.3 is 5.97 Å². The third kappa shape index (κ3) is 4.63. The van der Waals surface area contributed by atoms with Crippen molar-refractivity contribution in [2.45, 2.75) is 44.6 Å². The minimum absolute atomic E-state index is 0.0386. The van der Waals surface area contributed by atoms with E-state index in [1.807, 2.05) is 18.2 Å². The molecule has 0 spiro atoms. The SMILES string of the molecule is N#Cc1ncc(N)cc1C(=O)[C@H](CCC(=O)O)NC(=O)c1cccc2c1CCCC2. The highest BCUT2D eigenvalue weighted by molar-refractivity contribution is 6.06. The lowest BCUT2D eigenvalue weighted by Crippen LogP contribution is -2.42. The topological polar surface area (TPSA) is 146 Å². The number of nitriles is 1. The second-order valence-corrected chi connectivity index (χ2v) is 7.25. The largest absolute Gasteiger partial charge is 0.481 e. The minimum atomic E-state index is -1.12. The molecule has 1 aliphatic carbocycles. The average molecular weight is 406 g/mol. The molecule has 4 N–H and O–H groups in total. The van der Waals surface area contributed by atoms with Crippen LogP contribution in [-0.4, -0.2) is 33.8 Å². The van der Waals surface area contributed by atoms with Gasteiger partial charge in [-0.2, -0.15) is 5.26 Å². The number of carboxylic acid groups (broad SMARTS) is 1. The van der Waals surface area contributed by atoms with Crippen LogP contribution in [0.3, 0.4) is 0 Å². The molecule has 1 heterocycles. The zero-order valence-electron chi connectivity index (χ0n) is 16.4. The van der Waals surface area contributed by atoms with E-state index in [1.165, 1.54) is 12.3 Å². The first-order chi connectivity index (χ1) is 14.4. The van der Waals surface area contributed by atoms with E-state index >= 15 is 0 Å². The zero-order valence-corrected chi connectivity index (χ0v) is 16.4. The van der Waals surface area contributed by atoms with Crippen LogP contribution >= 0.6 is 0 Å². The van der Waals surface area contributed by atoms with E-state index in [2.05, 4.69) is 10.3 Å². The molecule has 0 bridgehead atoms. The van der Waals surface area contributed by atoms with Crippen LogP contribution in [0.5, 0.6) is 0 Å². The minimum Gasteiger partial charge on any atom is -0.481 e. The number of hydrogen-bond acceptors (Lipinski definition) is 6.